The van der Waals surface area contributed by atoms with Crippen LogP contribution in [0.4, 0.5) is 11.4 Å². The van der Waals surface area contributed by atoms with Crippen LogP contribution in [0.3, 0.4) is 0 Å². The summed E-state index contributed by atoms with van der Waals surface area (Å²) in [7, 11) is 0. The highest BCUT2D eigenvalue weighted by atomic mass is 32.1. The van der Waals surface area contributed by atoms with Crippen molar-refractivity contribution in [3.63, 3.8) is 0 Å². The maximum absolute atomic E-state index is 13.0. The predicted molar refractivity (Wildman–Crippen MR) is 112 cm³/mol. The van der Waals surface area contributed by atoms with Crippen LogP contribution >= 0.6 is 11.3 Å². The second-order valence-corrected chi connectivity index (χ2v) is 8.12. The van der Waals surface area contributed by atoms with Crippen LogP contribution < -0.4 is 5.32 Å². The van der Waals surface area contributed by atoms with E-state index in [9.17, 15) is 19.7 Å². The number of carbonyl (C=O) groups excluding carboxylic acids is 2. The molecule has 2 heterocycles. The van der Waals surface area contributed by atoms with Gasteiger partial charge in [-0.25, -0.2) is 0 Å². The normalized spacial score (nSPS) is 16.6. The van der Waals surface area contributed by atoms with E-state index in [1.807, 2.05) is 30.3 Å². The first kappa shape index (κ1) is 19.1. The highest BCUT2D eigenvalue weighted by molar-refractivity contribution is 7.20. The molecule has 2 amide bonds. The molecule has 1 fully saturated rings. The number of hydrogen-bond acceptors (Lipinski definition) is 5. The Bertz CT molecular complexity index is 1080. The molecule has 1 aliphatic rings. The van der Waals surface area contributed by atoms with Gasteiger partial charge in [-0.1, -0.05) is 18.2 Å². The summed E-state index contributed by atoms with van der Waals surface area (Å²) in [5.41, 5.74) is 0.747. The smallest absolute Gasteiger partial charge is 0.270 e. The van der Waals surface area contributed by atoms with Gasteiger partial charge in [0, 0.05) is 41.0 Å². The third kappa shape index (κ3) is 4.12. The maximum atomic E-state index is 13.0. The Labute approximate surface area is 171 Å². The largest absolute Gasteiger partial charge is 0.337 e. The lowest BCUT2D eigenvalue weighted by Gasteiger charge is -2.31. The standard InChI is InChI=1S/C21H19N3O4S/c25-20(22-16-6-2-1-3-7-16)14-5-4-10-23(13-14)21(26)19-12-15-11-17(24(27)28)8-9-18(15)29-19/h1-3,6-9,11-12,14H,4-5,10,13H2,(H,22,25)/t14-/m1/s1. The van der Waals surface area contributed by atoms with Crippen molar-refractivity contribution in [1.82, 2.24) is 4.90 Å². The molecule has 1 saturated heterocycles. The molecule has 0 saturated carbocycles. The second kappa shape index (κ2) is 8.00. The Balaban J connectivity index is 1.47. The minimum atomic E-state index is -0.445. The Morgan fingerprint density at radius 3 is 2.69 bits per heavy atom. The molecule has 0 spiro atoms. The van der Waals surface area contributed by atoms with Gasteiger partial charge in [0.1, 0.15) is 0 Å². The average molecular weight is 409 g/mol. The van der Waals surface area contributed by atoms with Crippen LogP contribution in [0.15, 0.2) is 54.6 Å². The first-order valence-electron chi connectivity index (χ1n) is 9.34. The molecule has 1 aromatic heterocycles. The maximum Gasteiger partial charge on any atom is 0.270 e. The van der Waals surface area contributed by atoms with E-state index in [4.69, 9.17) is 0 Å². The number of piperidine rings is 1. The lowest BCUT2D eigenvalue weighted by atomic mass is 9.97. The van der Waals surface area contributed by atoms with E-state index in [1.165, 1.54) is 23.5 Å². The fraction of sp³-hybridized carbons (Fsp3) is 0.238. The molecule has 29 heavy (non-hydrogen) atoms. The fourth-order valence-corrected chi connectivity index (χ4v) is 4.56. The fourth-order valence-electron chi connectivity index (χ4n) is 3.55. The molecule has 148 valence electrons. The van der Waals surface area contributed by atoms with Gasteiger partial charge in [0.2, 0.25) is 5.91 Å². The molecule has 2 aromatic carbocycles. The number of fused-ring (bicyclic) bond motifs is 1. The molecule has 0 radical (unpaired) electrons. The van der Waals surface area contributed by atoms with Gasteiger partial charge in [-0.05, 0) is 37.1 Å². The molecule has 0 bridgehead atoms. The summed E-state index contributed by atoms with van der Waals surface area (Å²) in [6.07, 6.45) is 1.50. The number of nitro groups is 1. The Kier molecular flexibility index (Phi) is 5.26. The van der Waals surface area contributed by atoms with Gasteiger partial charge in [-0.2, -0.15) is 0 Å². The number of anilines is 1. The highest BCUT2D eigenvalue weighted by Gasteiger charge is 2.29. The van der Waals surface area contributed by atoms with Gasteiger partial charge in [0.15, 0.2) is 0 Å². The van der Waals surface area contributed by atoms with E-state index >= 15 is 0 Å². The van der Waals surface area contributed by atoms with Crippen molar-refractivity contribution in [1.29, 1.82) is 0 Å². The number of nitrogens with one attached hydrogen (secondary N) is 1. The third-order valence-corrected chi connectivity index (χ3v) is 6.15. The number of hydrogen-bond donors (Lipinski definition) is 1. The molecular formula is C21H19N3O4S. The molecule has 0 aliphatic carbocycles. The Hall–Kier alpha value is -3.26. The molecular weight excluding hydrogens is 390 g/mol. The topological polar surface area (TPSA) is 92.6 Å². The summed E-state index contributed by atoms with van der Waals surface area (Å²) in [6.45, 7) is 0.967. The van der Waals surface area contributed by atoms with Crippen molar-refractivity contribution in [3.8, 4) is 0 Å². The Morgan fingerprint density at radius 1 is 1.14 bits per heavy atom. The van der Waals surface area contributed by atoms with Gasteiger partial charge in [-0.15, -0.1) is 11.3 Å². The summed E-state index contributed by atoms with van der Waals surface area (Å²) in [5.74, 6) is -0.477. The zero-order valence-corrected chi connectivity index (χ0v) is 16.4. The lowest BCUT2D eigenvalue weighted by molar-refractivity contribution is -0.384. The number of para-hydroxylation sites is 1. The van der Waals surface area contributed by atoms with Crippen LogP contribution in [0.2, 0.25) is 0 Å². The summed E-state index contributed by atoms with van der Waals surface area (Å²) < 4.78 is 0.828. The van der Waals surface area contributed by atoms with Gasteiger partial charge in [0.25, 0.3) is 11.6 Å². The zero-order chi connectivity index (χ0) is 20.4. The monoisotopic (exact) mass is 409 g/mol. The summed E-state index contributed by atoms with van der Waals surface area (Å²) in [4.78, 5) is 38.3. The van der Waals surface area contributed by atoms with Gasteiger partial charge >= 0.3 is 0 Å². The number of benzene rings is 2. The van der Waals surface area contributed by atoms with Crippen LogP contribution in [0.25, 0.3) is 10.1 Å². The number of likely N-dealkylation sites (tertiary alicyclic amines) is 1. The summed E-state index contributed by atoms with van der Waals surface area (Å²) in [5, 5.41) is 14.6. The number of rotatable bonds is 4. The van der Waals surface area contributed by atoms with Crippen molar-refractivity contribution in [2.24, 2.45) is 5.92 Å². The van der Waals surface area contributed by atoms with Crippen LogP contribution in [0.1, 0.15) is 22.5 Å². The molecule has 0 unspecified atom stereocenters. The van der Waals surface area contributed by atoms with E-state index in [0.29, 0.717) is 23.4 Å². The van der Waals surface area contributed by atoms with E-state index in [2.05, 4.69) is 5.32 Å². The van der Waals surface area contributed by atoms with Crippen molar-refractivity contribution >= 4 is 44.6 Å². The SMILES string of the molecule is O=C(Nc1ccccc1)[C@@H]1CCCN(C(=O)c2cc3cc([N+](=O)[O-])ccc3s2)C1. The number of non-ortho nitro benzene ring substituents is 1. The lowest BCUT2D eigenvalue weighted by Crippen LogP contribution is -2.43. The minimum absolute atomic E-state index is 0.00455. The predicted octanol–water partition coefficient (Wildman–Crippen LogP) is 4.30. The average Bonchev–Trinajstić information content (AvgIpc) is 3.17. The summed E-state index contributed by atoms with van der Waals surface area (Å²) in [6, 6.07) is 15.6. The quantitative estimate of drug-likeness (QED) is 0.514. The number of thiophene rings is 1. The molecule has 3 aromatic rings. The van der Waals surface area contributed by atoms with Crippen LogP contribution in [0.5, 0.6) is 0 Å². The number of amides is 2. The highest BCUT2D eigenvalue weighted by Crippen LogP contribution is 2.30. The van der Waals surface area contributed by atoms with Crippen molar-refractivity contribution in [2.75, 3.05) is 18.4 Å². The summed E-state index contributed by atoms with van der Waals surface area (Å²) >= 11 is 1.32. The molecule has 1 N–H and O–H groups in total. The van der Waals surface area contributed by atoms with E-state index in [-0.39, 0.29) is 23.4 Å². The molecule has 1 atom stereocenters. The van der Waals surface area contributed by atoms with Gasteiger partial charge < -0.3 is 10.2 Å². The minimum Gasteiger partial charge on any atom is -0.337 e. The number of nitrogens with zero attached hydrogens (tertiary/aromatic N) is 2. The Morgan fingerprint density at radius 2 is 1.93 bits per heavy atom. The molecule has 1 aliphatic heterocycles. The van der Waals surface area contributed by atoms with Gasteiger partial charge in [0.05, 0.1) is 15.7 Å². The second-order valence-electron chi connectivity index (χ2n) is 7.04. The van der Waals surface area contributed by atoms with Crippen molar-refractivity contribution in [2.45, 2.75) is 12.8 Å². The van der Waals surface area contributed by atoms with E-state index in [1.54, 1.807) is 17.0 Å². The molecule has 4 rings (SSSR count). The third-order valence-electron chi connectivity index (χ3n) is 5.04. The number of nitro benzene ring substituents is 1. The number of carbonyl (C=O) groups is 2. The van der Waals surface area contributed by atoms with Crippen LogP contribution in [0, 0.1) is 16.0 Å². The van der Waals surface area contributed by atoms with Crippen LogP contribution in [-0.4, -0.2) is 34.7 Å². The van der Waals surface area contributed by atoms with Gasteiger partial charge in [-0.3, -0.25) is 19.7 Å². The molecule has 8 heteroatoms. The first-order valence-corrected chi connectivity index (χ1v) is 10.2. The first-order chi connectivity index (χ1) is 14.0. The van der Waals surface area contributed by atoms with E-state index < -0.39 is 4.92 Å². The van der Waals surface area contributed by atoms with Crippen molar-refractivity contribution in [3.05, 3.63) is 69.6 Å². The zero-order valence-electron chi connectivity index (χ0n) is 15.5. The van der Waals surface area contributed by atoms with E-state index in [0.717, 1.165) is 23.2 Å². The van der Waals surface area contributed by atoms with Crippen LogP contribution in [-0.2, 0) is 4.79 Å². The van der Waals surface area contributed by atoms with Crippen molar-refractivity contribution < 1.29 is 14.5 Å². The molecule has 7 nitrogen and oxygen atoms in total.